The highest BCUT2D eigenvalue weighted by Gasteiger charge is 2.21. The molecule has 0 saturated heterocycles. The molecule has 3 N–H and O–H groups in total. The van der Waals surface area contributed by atoms with E-state index < -0.39 is 0 Å². The molecular weight excluding hydrogens is 259 g/mol. The molecule has 0 aromatic heterocycles. The molecule has 0 radical (unpaired) electrons. The van der Waals surface area contributed by atoms with Crippen molar-refractivity contribution in [1.29, 1.82) is 0 Å². The summed E-state index contributed by atoms with van der Waals surface area (Å²) in [7, 11) is 1.45. The van der Waals surface area contributed by atoms with Crippen molar-refractivity contribution in [3.63, 3.8) is 0 Å². The van der Waals surface area contributed by atoms with Crippen LogP contribution in [0.3, 0.4) is 0 Å². The molecular formula is C15H25FN2O2. The Labute approximate surface area is 120 Å². The molecule has 1 rings (SSSR count). The number of benzene rings is 1. The van der Waals surface area contributed by atoms with E-state index in [2.05, 4.69) is 12.3 Å². The minimum atomic E-state index is -0.357. The topological polar surface area (TPSA) is 56.5 Å². The maximum Gasteiger partial charge on any atom is 0.165 e. The molecule has 0 aliphatic heterocycles. The van der Waals surface area contributed by atoms with Crippen LogP contribution in [0.15, 0.2) is 18.2 Å². The SMILES string of the molecule is CCCC(OCC)C(Cc1ccc(OC)c(F)c1)NN. The van der Waals surface area contributed by atoms with Crippen molar-refractivity contribution in [3.05, 3.63) is 29.6 Å². The highest BCUT2D eigenvalue weighted by molar-refractivity contribution is 5.29. The number of ether oxygens (including phenoxy) is 2. The minimum absolute atomic E-state index is 0.0279. The third-order valence-electron chi connectivity index (χ3n) is 3.29. The van der Waals surface area contributed by atoms with Crippen LogP contribution in [-0.4, -0.2) is 25.9 Å². The molecule has 0 bridgehead atoms. The second kappa shape index (κ2) is 8.89. The molecule has 0 heterocycles. The van der Waals surface area contributed by atoms with Crippen molar-refractivity contribution in [1.82, 2.24) is 5.43 Å². The average Bonchev–Trinajstić information content (AvgIpc) is 2.45. The van der Waals surface area contributed by atoms with Gasteiger partial charge >= 0.3 is 0 Å². The Morgan fingerprint density at radius 3 is 2.60 bits per heavy atom. The summed E-state index contributed by atoms with van der Waals surface area (Å²) in [6.07, 6.45) is 2.57. The minimum Gasteiger partial charge on any atom is -0.494 e. The molecule has 0 aliphatic carbocycles. The van der Waals surface area contributed by atoms with Gasteiger partial charge in [-0.15, -0.1) is 0 Å². The first kappa shape index (κ1) is 16.9. The molecule has 0 amide bonds. The second-order valence-electron chi connectivity index (χ2n) is 4.73. The summed E-state index contributed by atoms with van der Waals surface area (Å²) in [5, 5.41) is 0. The maximum atomic E-state index is 13.7. The van der Waals surface area contributed by atoms with Gasteiger partial charge in [0.15, 0.2) is 11.6 Å². The Morgan fingerprint density at radius 2 is 2.10 bits per heavy atom. The van der Waals surface area contributed by atoms with Crippen LogP contribution in [-0.2, 0) is 11.2 Å². The zero-order valence-corrected chi connectivity index (χ0v) is 12.5. The molecule has 0 aliphatic rings. The third-order valence-corrected chi connectivity index (χ3v) is 3.29. The fourth-order valence-corrected chi connectivity index (χ4v) is 2.29. The normalized spacial score (nSPS) is 14.1. The smallest absolute Gasteiger partial charge is 0.165 e. The molecule has 0 spiro atoms. The summed E-state index contributed by atoms with van der Waals surface area (Å²) in [5.41, 5.74) is 3.66. The van der Waals surface area contributed by atoms with Crippen molar-refractivity contribution < 1.29 is 13.9 Å². The van der Waals surface area contributed by atoms with Gasteiger partial charge in [0.25, 0.3) is 0 Å². The summed E-state index contributed by atoms with van der Waals surface area (Å²) >= 11 is 0. The van der Waals surface area contributed by atoms with Crippen LogP contribution in [0, 0.1) is 5.82 Å². The molecule has 1 aromatic carbocycles. The van der Waals surface area contributed by atoms with Crippen molar-refractivity contribution in [2.24, 2.45) is 5.84 Å². The fourth-order valence-electron chi connectivity index (χ4n) is 2.29. The van der Waals surface area contributed by atoms with E-state index in [0.717, 1.165) is 18.4 Å². The highest BCUT2D eigenvalue weighted by atomic mass is 19.1. The molecule has 4 nitrogen and oxygen atoms in total. The van der Waals surface area contributed by atoms with Gasteiger partial charge in [0, 0.05) is 6.61 Å². The lowest BCUT2D eigenvalue weighted by molar-refractivity contribution is 0.0281. The lowest BCUT2D eigenvalue weighted by atomic mass is 9.98. The van der Waals surface area contributed by atoms with E-state index in [1.54, 1.807) is 6.07 Å². The molecule has 0 saturated carbocycles. The lowest BCUT2D eigenvalue weighted by Gasteiger charge is -2.26. The Kier molecular flexibility index (Phi) is 7.51. The molecule has 2 unspecified atom stereocenters. The molecule has 5 heteroatoms. The first-order valence-corrected chi connectivity index (χ1v) is 7.06. The number of hydrazine groups is 1. The van der Waals surface area contributed by atoms with Gasteiger partial charge in [0.2, 0.25) is 0 Å². The number of rotatable bonds is 9. The molecule has 2 atom stereocenters. The van der Waals surface area contributed by atoms with E-state index >= 15 is 0 Å². The van der Waals surface area contributed by atoms with E-state index in [1.165, 1.54) is 13.2 Å². The van der Waals surface area contributed by atoms with Gasteiger partial charge in [0.05, 0.1) is 19.3 Å². The lowest BCUT2D eigenvalue weighted by Crippen LogP contribution is -2.46. The van der Waals surface area contributed by atoms with Crippen LogP contribution < -0.4 is 16.0 Å². The Balaban J connectivity index is 2.78. The van der Waals surface area contributed by atoms with Crippen LogP contribution >= 0.6 is 0 Å². The predicted molar refractivity (Wildman–Crippen MR) is 78.1 cm³/mol. The highest BCUT2D eigenvalue weighted by Crippen LogP contribution is 2.20. The van der Waals surface area contributed by atoms with Crippen LogP contribution in [0.1, 0.15) is 32.3 Å². The van der Waals surface area contributed by atoms with Crippen LogP contribution in [0.2, 0.25) is 0 Å². The van der Waals surface area contributed by atoms with Crippen molar-refractivity contribution in [3.8, 4) is 5.75 Å². The van der Waals surface area contributed by atoms with E-state index in [4.69, 9.17) is 15.3 Å². The van der Waals surface area contributed by atoms with Gasteiger partial charge in [-0.1, -0.05) is 19.4 Å². The molecule has 0 fully saturated rings. The molecule has 1 aromatic rings. The molecule has 20 heavy (non-hydrogen) atoms. The first-order chi connectivity index (χ1) is 9.65. The number of nitrogens with two attached hydrogens (primary N) is 1. The van der Waals surface area contributed by atoms with Gasteiger partial charge in [-0.3, -0.25) is 11.3 Å². The first-order valence-electron chi connectivity index (χ1n) is 7.06. The van der Waals surface area contributed by atoms with Gasteiger partial charge in [0.1, 0.15) is 0 Å². The zero-order chi connectivity index (χ0) is 15.0. The predicted octanol–water partition coefficient (Wildman–Crippen LogP) is 2.41. The number of methoxy groups -OCH3 is 1. The van der Waals surface area contributed by atoms with E-state index in [0.29, 0.717) is 13.0 Å². The van der Waals surface area contributed by atoms with E-state index in [-0.39, 0.29) is 23.7 Å². The number of halogens is 1. The van der Waals surface area contributed by atoms with Crippen LogP contribution in [0.5, 0.6) is 5.75 Å². The van der Waals surface area contributed by atoms with Gasteiger partial charge < -0.3 is 9.47 Å². The Morgan fingerprint density at radius 1 is 1.35 bits per heavy atom. The van der Waals surface area contributed by atoms with Gasteiger partial charge in [-0.05, 0) is 37.5 Å². The maximum absolute atomic E-state index is 13.7. The fraction of sp³-hybridized carbons (Fsp3) is 0.600. The summed E-state index contributed by atoms with van der Waals surface area (Å²) in [4.78, 5) is 0. The quantitative estimate of drug-likeness (QED) is 0.540. The number of nitrogens with one attached hydrogen (secondary N) is 1. The third kappa shape index (κ3) is 4.74. The second-order valence-corrected chi connectivity index (χ2v) is 4.73. The Bertz CT molecular complexity index is 395. The average molecular weight is 284 g/mol. The van der Waals surface area contributed by atoms with Crippen molar-refractivity contribution in [2.75, 3.05) is 13.7 Å². The largest absolute Gasteiger partial charge is 0.494 e. The van der Waals surface area contributed by atoms with Crippen molar-refractivity contribution >= 4 is 0 Å². The van der Waals surface area contributed by atoms with Crippen LogP contribution in [0.25, 0.3) is 0 Å². The summed E-state index contributed by atoms with van der Waals surface area (Å²) < 4.78 is 24.3. The van der Waals surface area contributed by atoms with E-state index in [1.807, 2.05) is 13.0 Å². The number of hydrogen-bond donors (Lipinski definition) is 2. The zero-order valence-electron chi connectivity index (χ0n) is 12.5. The summed E-state index contributed by atoms with van der Waals surface area (Å²) in [6, 6.07) is 4.93. The van der Waals surface area contributed by atoms with Crippen molar-refractivity contribution in [2.45, 2.75) is 45.3 Å². The van der Waals surface area contributed by atoms with Gasteiger partial charge in [-0.25, -0.2) is 4.39 Å². The van der Waals surface area contributed by atoms with Gasteiger partial charge in [-0.2, -0.15) is 0 Å². The van der Waals surface area contributed by atoms with Crippen LogP contribution in [0.4, 0.5) is 4.39 Å². The Hall–Kier alpha value is -1.17. The summed E-state index contributed by atoms with van der Waals surface area (Å²) in [6.45, 7) is 4.70. The molecule has 114 valence electrons. The number of hydrogen-bond acceptors (Lipinski definition) is 4. The standard InChI is InChI=1S/C15H25FN2O2/c1-4-6-15(20-5-2)13(18-17)10-11-7-8-14(19-3)12(16)9-11/h7-9,13,15,18H,4-6,10,17H2,1-3H3. The monoisotopic (exact) mass is 284 g/mol. The van der Waals surface area contributed by atoms with E-state index in [9.17, 15) is 4.39 Å². The summed E-state index contributed by atoms with van der Waals surface area (Å²) in [5.74, 6) is 5.52.